The summed E-state index contributed by atoms with van der Waals surface area (Å²) in [4.78, 5) is 0.948. The van der Waals surface area contributed by atoms with Gasteiger partial charge in [0.05, 0.1) is 0 Å². The van der Waals surface area contributed by atoms with Crippen LogP contribution in [0.2, 0.25) is 0 Å². The van der Waals surface area contributed by atoms with Crippen LogP contribution in [0.1, 0.15) is 4.88 Å². The van der Waals surface area contributed by atoms with E-state index in [2.05, 4.69) is 42.2 Å². The number of nitrogens with zero attached hydrogens (tertiary/aromatic N) is 4. The lowest BCUT2D eigenvalue weighted by Gasteiger charge is -2.15. The number of thiophene rings is 1. The minimum atomic E-state index is -3.63. The summed E-state index contributed by atoms with van der Waals surface area (Å²) in [6, 6.07) is 1.90. The molecule has 6 nitrogen and oxygen atoms in total. The number of aromatic nitrogens is 3. The van der Waals surface area contributed by atoms with Crippen molar-refractivity contribution in [3.05, 3.63) is 25.4 Å². The summed E-state index contributed by atoms with van der Waals surface area (Å²) in [6.45, 7) is 0.302. The molecule has 10 heteroatoms. The van der Waals surface area contributed by atoms with E-state index in [0.29, 0.717) is 6.54 Å². The first kappa shape index (κ1) is 15.1. The maximum Gasteiger partial charge on any atom is 0.263 e. The number of halogens is 2. The predicted molar refractivity (Wildman–Crippen MR) is 79.4 cm³/mol. The SMILES string of the molecule is CN(Cc1cc(Br)cs1)S(=O)(=O)c1c(Br)nnn1C. The van der Waals surface area contributed by atoms with Crippen LogP contribution in [-0.2, 0) is 23.6 Å². The van der Waals surface area contributed by atoms with Gasteiger partial charge in [0.2, 0.25) is 5.03 Å². The molecular weight excluding hydrogens is 420 g/mol. The number of aryl methyl sites for hydroxylation is 1. The van der Waals surface area contributed by atoms with Gasteiger partial charge in [-0.15, -0.1) is 16.4 Å². The highest BCUT2D eigenvalue weighted by atomic mass is 79.9. The average Bonchev–Trinajstić information content (AvgIpc) is 2.85. The second kappa shape index (κ2) is 5.60. The standard InChI is InChI=1S/C9H10Br2N4O2S2/c1-14(4-7-3-6(10)5-18-7)19(16,17)9-8(11)12-13-15(9)2/h3,5H,4H2,1-2H3. The quantitative estimate of drug-likeness (QED) is 0.747. The molecule has 0 aliphatic carbocycles. The van der Waals surface area contributed by atoms with E-state index in [1.807, 2.05) is 11.4 Å². The first-order valence-corrected chi connectivity index (χ1v) is 8.97. The van der Waals surface area contributed by atoms with E-state index in [0.717, 1.165) is 9.35 Å². The molecule has 104 valence electrons. The molecule has 0 saturated carbocycles. The average molecular weight is 430 g/mol. The van der Waals surface area contributed by atoms with Crippen molar-refractivity contribution in [2.24, 2.45) is 7.05 Å². The van der Waals surface area contributed by atoms with E-state index < -0.39 is 10.0 Å². The smallest absolute Gasteiger partial charge is 0.235 e. The molecule has 2 aromatic heterocycles. The van der Waals surface area contributed by atoms with Gasteiger partial charge in [-0.05, 0) is 37.9 Å². The Labute approximate surface area is 131 Å². The number of rotatable bonds is 4. The minimum absolute atomic E-state index is 0.0469. The van der Waals surface area contributed by atoms with Crippen molar-refractivity contribution in [2.45, 2.75) is 11.6 Å². The summed E-state index contributed by atoms with van der Waals surface area (Å²) in [6.07, 6.45) is 0. The van der Waals surface area contributed by atoms with Gasteiger partial charge >= 0.3 is 0 Å². The molecule has 0 aliphatic rings. The molecular formula is C9H10Br2N4O2S2. The Hall–Kier alpha value is -0.290. The van der Waals surface area contributed by atoms with E-state index >= 15 is 0 Å². The third-order valence-electron chi connectivity index (χ3n) is 2.39. The molecule has 0 amide bonds. The second-order valence-electron chi connectivity index (χ2n) is 3.80. The van der Waals surface area contributed by atoms with Gasteiger partial charge in [0.15, 0.2) is 4.60 Å². The van der Waals surface area contributed by atoms with Crippen molar-refractivity contribution in [2.75, 3.05) is 7.05 Å². The van der Waals surface area contributed by atoms with Crippen molar-refractivity contribution in [1.82, 2.24) is 19.3 Å². The van der Waals surface area contributed by atoms with Crippen LogP contribution in [0.5, 0.6) is 0 Å². The highest BCUT2D eigenvalue weighted by Gasteiger charge is 2.28. The molecule has 0 radical (unpaired) electrons. The van der Waals surface area contributed by atoms with Crippen LogP contribution in [0.3, 0.4) is 0 Å². The molecule has 0 N–H and O–H groups in total. The Morgan fingerprint density at radius 1 is 1.47 bits per heavy atom. The molecule has 0 bridgehead atoms. The summed E-state index contributed by atoms with van der Waals surface area (Å²) in [5.41, 5.74) is 0. The molecule has 2 heterocycles. The molecule has 0 aromatic carbocycles. The van der Waals surface area contributed by atoms with E-state index in [4.69, 9.17) is 0 Å². The Kier molecular flexibility index (Phi) is 4.45. The fourth-order valence-corrected chi connectivity index (χ4v) is 5.24. The van der Waals surface area contributed by atoms with Gasteiger partial charge in [-0.3, -0.25) is 0 Å². The fourth-order valence-electron chi connectivity index (χ4n) is 1.49. The molecule has 0 saturated heterocycles. The highest BCUT2D eigenvalue weighted by molar-refractivity contribution is 9.10. The van der Waals surface area contributed by atoms with Gasteiger partial charge in [0.1, 0.15) is 0 Å². The van der Waals surface area contributed by atoms with Crippen LogP contribution in [0, 0.1) is 0 Å². The van der Waals surface area contributed by atoms with Gasteiger partial charge in [-0.2, -0.15) is 4.31 Å². The monoisotopic (exact) mass is 428 g/mol. The largest absolute Gasteiger partial charge is 0.263 e. The normalized spacial score (nSPS) is 12.3. The van der Waals surface area contributed by atoms with Crippen molar-refractivity contribution < 1.29 is 8.42 Å². The lowest BCUT2D eigenvalue weighted by Crippen LogP contribution is -2.28. The van der Waals surface area contributed by atoms with Crippen LogP contribution in [-0.4, -0.2) is 34.8 Å². The second-order valence-corrected chi connectivity index (χ2v) is 8.42. The van der Waals surface area contributed by atoms with Gasteiger partial charge in [0.25, 0.3) is 10.0 Å². The maximum atomic E-state index is 12.4. The summed E-state index contributed by atoms with van der Waals surface area (Å²) in [5, 5.41) is 9.34. The van der Waals surface area contributed by atoms with E-state index in [9.17, 15) is 8.42 Å². The molecule has 0 spiro atoms. The zero-order valence-electron chi connectivity index (χ0n) is 10.0. The molecule has 2 rings (SSSR count). The molecule has 0 fully saturated rings. The summed E-state index contributed by atoms with van der Waals surface area (Å²) in [7, 11) is -0.558. The van der Waals surface area contributed by atoms with Gasteiger partial charge < -0.3 is 0 Å². The maximum absolute atomic E-state index is 12.4. The first-order valence-electron chi connectivity index (χ1n) is 5.07. The first-order chi connectivity index (χ1) is 8.82. The molecule has 0 unspecified atom stereocenters. The van der Waals surface area contributed by atoms with E-state index in [-0.39, 0.29) is 9.63 Å². The van der Waals surface area contributed by atoms with E-state index in [1.54, 1.807) is 7.05 Å². The van der Waals surface area contributed by atoms with Crippen molar-refractivity contribution in [3.63, 3.8) is 0 Å². The fraction of sp³-hybridized carbons (Fsp3) is 0.333. The topological polar surface area (TPSA) is 68.1 Å². The van der Waals surface area contributed by atoms with Crippen molar-refractivity contribution in [3.8, 4) is 0 Å². The van der Waals surface area contributed by atoms with Crippen molar-refractivity contribution >= 4 is 53.2 Å². The molecule has 0 atom stereocenters. The van der Waals surface area contributed by atoms with Crippen LogP contribution >= 0.6 is 43.2 Å². The number of hydrogen-bond donors (Lipinski definition) is 0. The van der Waals surface area contributed by atoms with Gasteiger partial charge in [0, 0.05) is 35.4 Å². The van der Waals surface area contributed by atoms with Crippen LogP contribution in [0.15, 0.2) is 25.5 Å². The highest BCUT2D eigenvalue weighted by Crippen LogP contribution is 2.25. The lowest BCUT2D eigenvalue weighted by molar-refractivity contribution is 0.459. The Morgan fingerprint density at radius 2 is 2.16 bits per heavy atom. The molecule has 2 aromatic rings. The van der Waals surface area contributed by atoms with Crippen LogP contribution in [0.25, 0.3) is 0 Å². The van der Waals surface area contributed by atoms with Gasteiger partial charge in [-0.1, -0.05) is 5.21 Å². The number of hydrogen-bond acceptors (Lipinski definition) is 5. The summed E-state index contributed by atoms with van der Waals surface area (Å²) < 4.78 is 28.5. The zero-order valence-corrected chi connectivity index (χ0v) is 14.8. The number of sulfonamides is 1. The van der Waals surface area contributed by atoms with Crippen molar-refractivity contribution in [1.29, 1.82) is 0 Å². The minimum Gasteiger partial charge on any atom is -0.235 e. The zero-order chi connectivity index (χ0) is 14.2. The van der Waals surface area contributed by atoms with Crippen LogP contribution < -0.4 is 0 Å². The summed E-state index contributed by atoms with van der Waals surface area (Å²) >= 11 is 7.95. The third-order valence-corrected chi connectivity index (χ3v) is 6.77. The summed E-state index contributed by atoms with van der Waals surface area (Å²) in [5.74, 6) is 0. The molecule has 0 aliphatic heterocycles. The molecule has 19 heavy (non-hydrogen) atoms. The predicted octanol–water partition coefficient (Wildman–Crippen LogP) is 2.22. The Balaban J connectivity index is 2.30. The van der Waals surface area contributed by atoms with Gasteiger partial charge in [-0.25, -0.2) is 13.1 Å². The third kappa shape index (κ3) is 3.07. The lowest BCUT2D eigenvalue weighted by atomic mass is 10.5. The van der Waals surface area contributed by atoms with E-state index in [1.165, 1.54) is 27.4 Å². The Morgan fingerprint density at radius 3 is 2.63 bits per heavy atom. The van der Waals surface area contributed by atoms with Crippen LogP contribution in [0.4, 0.5) is 0 Å². The Bertz CT molecular complexity index is 675.